The Labute approximate surface area is 107 Å². The van der Waals surface area contributed by atoms with E-state index in [4.69, 9.17) is 11.0 Å². The van der Waals surface area contributed by atoms with Crippen LogP contribution < -0.4 is 11.1 Å². The van der Waals surface area contributed by atoms with Gasteiger partial charge in [0.1, 0.15) is 17.6 Å². The first kappa shape index (κ1) is 12.2. The summed E-state index contributed by atoms with van der Waals surface area (Å²) in [5.41, 5.74) is 6.47. The first-order chi connectivity index (χ1) is 8.72. The Morgan fingerprint density at radius 1 is 1.67 bits per heavy atom. The summed E-state index contributed by atoms with van der Waals surface area (Å²) in [6.07, 6.45) is 1.61. The average molecular weight is 262 g/mol. The lowest BCUT2D eigenvalue weighted by Gasteiger charge is -2.02. The van der Waals surface area contributed by atoms with Crippen LogP contribution in [0.1, 0.15) is 11.3 Å². The highest BCUT2D eigenvalue weighted by Gasteiger charge is 2.09. The topological polar surface area (TPSA) is 110 Å². The molecule has 0 aromatic carbocycles. The van der Waals surface area contributed by atoms with E-state index >= 15 is 0 Å². The molecule has 0 aliphatic carbocycles. The fourth-order valence-electron chi connectivity index (χ4n) is 1.32. The molecule has 2 heterocycles. The second kappa shape index (κ2) is 5.39. The molecule has 0 saturated heterocycles. The summed E-state index contributed by atoms with van der Waals surface area (Å²) in [6.45, 7) is 0.320. The van der Waals surface area contributed by atoms with Crippen LogP contribution >= 0.6 is 11.3 Å². The van der Waals surface area contributed by atoms with Crippen molar-refractivity contribution in [1.29, 1.82) is 5.26 Å². The number of nitriles is 1. The van der Waals surface area contributed by atoms with E-state index in [9.17, 15) is 4.79 Å². The molecule has 0 unspecified atom stereocenters. The molecule has 18 heavy (non-hydrogen) atoms. The zero-order chi connectivity index (χ0) is 13.0. The third-order valence-corrected chi connectivity index (χ3v) is 2.97. The van der Waals surface area contributed by atoms with Crippen LogP contribution in [0.3, 0.4) is 0 Å². The number of carbonyl (C=O) groups excluding carboxylic acids is 1. The molecule has 0 aliphatic heterocycles. The van der Waals surface area contributed by atoms with Gasteiger partial charge in [0.2, 0.25) is 5.91 Å². The standard InChI is InChI=1S/C10H10N6OS/c11-3-7-1-2-18-10(7)13-9(17)6-16-5-8(4-12)14-15-16/h1-2,5H,4,6,12H2,(H,13,17). The summed E-state index contributed by atoms with van der Waals surface area (Å²) in [6, 6.07) is 3.66. The number of anilines is 1. The third kappa shape index (κ3) is 2.71. The number of thiophene rings is 1. The van der Waals surface area contributed by atoms with E-state index in [1.54, 1.807) is 17.6 Å². The van der Waals surface area contributed by atoms with Gasteiger partial charge in [-0.3, -0.25) is 4.79 Å². The zero-order valence-corrected chi connectivity index (χ0v) is 10.1. The van der Waals surface area contributed by atoms with Gasteiger partial charge in [-0.05, 0) is 11.4 Å². The Morgan fingerprint density at radius 3 is 3.17 bits per heavy atom. The molecule has 0 aliphatic rings. The first-order valence-corrected chi connectivity index (χ1v) is 5.97. The van der Waals surface area contributed by atoms with Gasteiger partial charge < -0.3 is 11.1 Å². The van der Waals surface area contributed by atoms with Crippen molar-refractivity contribution in [1.82, 2.24) is 15.0 Å². The Bertz CT molecular complexity index is 596. The second-order valence-corrected chi connectivity index (χ2v) is 4.35. The maximum Gasteiger partial charge on any atom is 0.246 e. The fourth-order valence-corrected chi connectivity index (χ4v) is 2.07. The molecule has 92 valence electrons. The Balaban J connectivity index is 1.99. The maximum absolute atomic E-state index is 11.7. The van der Waals surface area contributed by atoms with Gasteiger partial charge >= 0.3 is 0 Å². The molecular weight excluding hydrogens is 252 g/mol. The highest BCUT2D eigenvalue weighted by Crippen LogP contribution is 2.21. The number of rotatable bonds is 4. The molecular formula is C10H10N6OS. The van der Waals surface area contributed by atoms with Gasteiger partial charge in [-0.2, -0.15) is 5.26 Å². The number of hydrogen-bond donors (Lipinski definition) is 2. The van der Waals surface area contributed by atoms with Crippen molar-refractivity contribution in [3.63, 3.8) is 0 Å². The van der Waals surface area contributed by atoms with Gasteiger partial charge in [0, 0.05) is 6.54 Å². The SMILES string of the molecule is N#Cc1ccsc1NC(=O)Cn1cc(CN)nn1. The molecule has 0 atom stereocenters. The van der Waals surface area contributed by atoms with Crippen molar-refractivity contribution in [2.24, 2.45) is 5.73 Å². The van der Waals surface area contributed by atoms with Crippen LogP contribution in [-0.2, 0) is 17.9 Å². The van der Waals surface area contributed by atoms with Gasteiger partial charge in [0.05, 0.1) is 17.5 Å². The van der Waals surface area contributed by atoms with Crippen LogP contribution in [-0.4, -0.2) is 20.9 Å². The fraction of sp³-hybridized carbons (Fsp3) is 0.200. The lowest BCUT2D eigenvalue weighted by atomic mass is 10.3. The Kier molecular flexibility index (Phi) is 3.66. The molecule has 0 saturated carbocycles. The Morgan fingerprint density at radius 2 is 2.50 bits per heavy atom. The van der Waals surface area contributed by atoms with Crippen LogP contribution in [0.15, 0.2) is 17.6 Å². The number of aromatic nitrogens is 3. The molecule has 7 nitrogen and oxygen atoms in total. The lowest BCUT2D eigenvalue weighted by Crippen LogP contribution is -2.19. The smallest absolute Gasteiger partial charge is 0.246 e. The summed E-state index contributed by atoms with van der Waals surface area (Å²) >= 11 is 1.30. The van der Waals surface area contributed by atoms with Crippen LogP contribution in [0, 0.1) is 11.3 Å². The van der Waals surface area contributed by atoms with Gasteiger partial charge in [-0.1, -0.05) is 5.21 Å². The number of carbonyl (C=O) groups is 1. The number of nitrogens with one attached hydrogen (secondary N) is 1. The molecule has 0 radical (unpaired) electrons. The van der Waals surface area contributed by atoms with E-state index in [-0.39, 0.29) is 19.0 Å². The number of amides is 1. The lowest BCUT2D eigenvalue weighted by molar-refractivity contribution is -0.116. The molecule has 3 N–H and O–H groups in total. The van der Waals surface area contributed by atoms with Crippen LogP contribution in [0.25, 0.3) is 0 Å². The molecule has 2 aromatic heterocycles. The largest absolute Gasteiger partial charge is 0.325 e. The molecule has 2 rings (SSSR count). The van der Waals surface area contributed by atoms with Gasteiger partial charge in [-0.25, -0.2) is 4.68 Å². The summed E-state index contributed by atoms with van der Waals surface area (Å²) in [4.78, 5) is 11.7. The highest BCUT2D eigenvalue weighted by molar-refractivity contribution is 7.14. The molecule has 0 bridgehead atoms. The third-order valence-electron chi connectivity index (χ3n) is 2.14. The summed E-state index contributed by atoms with van der Waals surface area (Å²) in [7, 11) is 0. The normalized spacial score (nSPS) is 10.0. The molecule has 8 heteroatoms. The van der Waals surface area contributed by atoms with Crippen molar-refractivity contribution in [2.75, 3.05) is 5.32 Å². The predicted molar refractivity (Wildman–Crippen MR) is 65.6 cm³/mol. The second-order valence-electron chi connectivity index (χ2n) is 3.43. The highest BCUT2D eigenvalue weighted by atomic mass is 32.1. The quantitative estimate of drug-likeness (QED) is 0.824. The summed E-state index contributed by atoms with van der Waals surface area (Å²) in [5.74, 6) is -0.262. The molecule has 1 amide bonds. The van der Waals surface area contributed by atoms with E-state index in [0.29, 0.717) is 16.3 Å². The molecule has 0 spiro atoms. The van der Waals surface area contributed by atoms with E-state index in [2.05, 4.69) is 15.6 Å². The number of nitrogens with two attached hydrogens (primary N) is 1. The number of nitrogens with zero attached hydrogens (tertiary/aromatic N) is 4. The minimum absolute atomic E-state index is 0.0375. The van der Waals surface area contributed by atoms with Crippen molar-refractivity contribution in [2.45, 2.75) is 13.1 Å². The van der Waals surface area contributed by atoms with Crippen LogP contribution in [0.5, 0.6) is 0 Å². The summed E-state index contributed by atoms with van der Waals surface area (Å²) in [5, 5.41) is 21.3. The minimum Gasteiger partial charge on any atom is -0.325 e. The monoisotopic (exact) mass is 262 g/mol. The van der Waals surface area contributed by atoms with Crippen molar-refractivity contribution < 1.29 is 4.79 Å². The van der Waals surface area contributed by atoms with Gasteiger partial charge in [-0.15, -0.1) is 16.4 Å². The van der Waals surface area contributed by atoms with E-state index in [0.717, 1.165) is 0 Å². The zero-order valence-electron chi connectivity index (χ0n) is 9.33. The van der Waals surface area contributed by atoms with E-state index in [1.807, 2.05) is 6.07 Å². The first-order valence-electron chi connectivity index (χ1n) is 5.09. The maximum atomic E-state index is 11.7. The van der Waals surface area contributed by atoms with Crippen LogP contribution in [0.4, 0.5) is 5.00 Å². The summed E-state index contributed by atoms with van der Waals surface area (Å²) < 4.78 is 1.40. The van der Waals surface area contributed by atoms with Crippen molar-refractivity contribution in [3.8, 4) is 6.07 Å². The number of hydrogen-bond acceptors (Lipinski definition) is 6. The van der Waals surface area contributed by atoms with Crippen LogP contribution in [0.2, 0.25) is 0 Å². The Hall–Kier alpha value is -2.24. The van der Waals surface area contributed by atoms with E-state index in [1.165, 1.54) is 16.0 Å². The van der Waals surface area contributed by atoms with E-state index < -0.39 is 0 Å². The van der Waals surface area contributed by atoms with Crippen molar-refractivity contribution >= 4 is 22.2 Å². The van der Waals surface area contributed by atoms with Crippen molar-refractivity contribution in [3.05, 3.63) is 28.9 Å². The molecule has 0 fully saturated rings. The van der Waals surface area contributed by atoms with Gasteiger partial charge in [0.25, 0.3) is 0 Å². The van der Waals surface area contributed by atoms with Gasteiger partial charge in [0.15, 0.2) is 0 Å². The predicted octanol–water partition coefficient (Wildman–Crippen LogP) is 0.309. The average Bonchev–Trinajstić information content (AvgIpc) is 2.97. The minimum atomic E-state index is -0.262. The molecule has 2 aromatic rings.